The molecule has 3 amide bonds. The van der Waals surface area contributed by atoms with E-state index in [2.05, 4.69) is 10.3 Å². The maximum Gasteiger partial charge on any atom is 0.294 e. The summed E-state index contributed by atoms with van der Waals surface area (Å²) >= 11 is 0.815. The van der Waals surface area contributed by atoms with E-state index in [1.165, 1.54) is 0 Å². The Labute approximate surface area is 161 Å². The van der Waals surface area contributed by atoms with Crippen molar-refractivity contribution in [3.63, 3.8) is 0 Å². The molecular formula is C20H19N3O3S. The molecule has 1 aromatic carbocycles. The minimum Gasteiger partial charge on any atom is -0.324 e. The molecule has 0 radical (unpaired) electrons. The van der Waals surface area contributed by atoms with Gasteiger partial charge in [-0.2, -0.15) is 0 Å². The molecule has 7 heteroatoms. The summed E-state index contributed by atoms with van der Waals surface area (Å²) in [7, 11) is 0. The highest BCUT2D eigenvalue weighted by Crippen LogP contribution is 2.31. The summed E-state index contributed by atoms with van der Waals surface area (Å²) in [5.41, 5.74) is 4.08. The van der Waals surface area contributed by atoms with Gasteiger partial charge in [-0.3, -0.25) is 24.3 Å². The quantitative estimate of drug-likeness (QED) is 0.817. The summed E-state index contributed by atoms with van der Waals surface area (Å²) in [5, 5.41) is 2.30. The van der Waals surface area contributed by atoms with E-state index < -0.39 is 17.1 Å². The Hall–Kier alpha value is -2.93. The van der Waals surface area contributed by atoms with Gasteiger partial charge in [-0.1, -0.05) is 18.2 Å². The van der Waals surface area contributed by atoms with Crippen LogP contribution in [0.2, 0.25) is 0 Å². The third-order valence-electron chi connectivity index (χ3n) is 4.24. The van der Waals surface area contributed by atoms with E-state index >= 15 is 0 Å². The molecule has 1 aromatic heterocycles. The number of anilines is 1. The van der Waals surface area contributed by atoms with Crippen LogP contribution in [-0.2, 0) is 9.59 Å². The van der Waals surface area contributed by atoms with E-state index in [9.17, 15) is 14.4 Å². The number of thioether (sulfide) groups is 1. The Balaban J connectivity index is 1.72. The first-order valence-electron chi connectivity index (χ1n) is 8.40. The number of pyridine rings is 1. The first kappa shape index (κ1) is 18.8. The standard InChI is InChI=1S/C20H19N3O3S/c1-12-6-4-9-16(14(12)3)22-18(24)11-23-19(25)17(27-20(23)26)10-15-8-5-7-13(2)21-15/h4-10H,11H2,1-3H3,(H,22,24)/b17-10+. The fourth-order valence-electron chi connectivity index (χ4n) is 2.63. The van der Waals surface area contributed by atoms with Crippen LogP contribution in [0.25, 0.3) is 6.08 Å². The number of benzene rings is 1. The lowest BCUT2D eigenvalue weighted by molar-refractivity contribution is -0.127. The number of aryl methyl sites for hydroxylation is 2. The van der Waals surface area contributed by atoms with Gasteiger partial charge in [-0.05, 0) is 67.9 Å². The molecule has 138 valence electrons. The van der Waals surface area contributed by atoms with Crippen LogP contribution in [0.15, 0.2) is 41.3 Å². The van der Waals surface area contributed by atoms with Crippen LogP contribution in [0, 0.1) is 20.8 Å². The van der Waals surface area contributed by atoms with Gasteiger partial charge in [0, 0.05) is 11.4 Å². The molecular weight excluding hydrogens is 362 g/mol. The van der Waals surface area contributed by atoms with Crippen LogP contribution in [0.1, 0.15) is 22.5 Å². The highest BCUT2D eigenvalue weighted by Gasteiger charge is 2.36. The van der Waals surface area contributed by atoms with Gasteiger partial charge in [-0.15, -0.1) is 0 Å². The van der Waals surface area contributed by atoms with E-state index in [-0.39, 0.29) is 11.4 Å². The molecule has 1 aliphatic heterocycles. The molecule has 27 heavy (non-hydrogen) atoms. The van der Waals surface area contributed by atoms with E-state index in [1.807, 2.05) is 45.0 Å². The number of imide groups is 1. The number of hydrogen-bond donors (Lipinski definition) is 1. The second kappa shape index (κ2) is 7.75. The van der Waals surface area contributed by atoms with Gasteiger partial charge in [-0.25, -0.2) is 0 Å². The van der Waals surface area contributed by atoms with Gasteiger partial charge < -0.3 is 5.32 Å². The van der Waals surface area contributed by atoms with E-state index in [0.717, 1.165) is 33.5 Å². The molecule has 0 bridgehead atoms. The third kappa shape index (κ3) is 4.25. The van der Waals surface area contributed by atoms with Crippen LogP contribution in [0.5, 0.6) is 0 Å². The van der Waals surface area contributed by atoms with Crippen molar-refractivity contribution in [3.05, 3.63) is 63.8 Å². The number of nitrogens with zero attached hydrogens (tertiary/aromatic N) is 2. The van der Waals surface area contributed by atoms with E-state index in [1.54, 1.807) is 18.2 Å². The highest BCUT2D eigenvalue weighted by molar-refractivity contribution is 8.18. The van der Waals surface area contributed by atoms with Crippen molar-refractivity contribution in [2.24, 2.45) is 0 Å². The zero-order valence-corrected chi connectivity index (χ0v) is 16.1. The molecule has 1 saturated heterocycles. The minimum absolute atomic E-state index is 0.262. The van der Waals surface area contributed by atoms with Crippen molar-refractivity contribution in [1.82, 2.24) is 9.88 Å². The average Bonchev–Trinajstić information content (AvgIpc) is 2.86. The van der Waals surface area contributed by atoms with Gasteiger partial charge in [0.05, 0.1) is 10.6 Å². The van der Waals surface area contributed by atoms with Gasteiger partial charge in [0.25, 0.3) is 11.1 Å². The highest BCUT2D eigenvalue weighted by atomic mass is 32.2. The average molecular weight is 381 g/mol. The first-order chi connectivity index (χ1) is 12.8. The second-order valence-electron chi connectivity index (χ2n) is 6.27. The number of hydrogen-bond acceptors (Lipinski definition) is 5. The molecule has 1 aliphatic rings. The Morgan fingerprint density at radius 3 is 2.63 bits per heavy atom. The van der Waals surface area contributed by atoms with Crippen molar-refractivity contribution in [1.29, 1.82) is 0 Å². The van der Waals surface area contributed by atoms with Gasteiger partial charge in [0.1, 0.15) is 6.54 Å². The SMILES string of the molecule is Cc1cccc(/C=C2/SC(=O)N(CC(=O)Nc3cccc(C)c3C)C2=O)n1. The molecule has 0 spiro atoms. The number of amides is 3. The fraction of sp³-hybridized carbons (Fsp3) is 0.200. The summed E-state index contributed by atoms with van der Waals surface area (Å²) < 4.78 is 0. The normalized spacial score (nSPS) is 15.5. The smallest absolute Gasteiger partial charge is 0.294 e. The number of carbonyl (C=O) groups is 3. The Morgan fingerprint density at radius 2 is 1.89 bits per heavy atom. The topological polar surface area (TPSA) is 79.4 Å². The Kier molecular flexibility index (Phi) is 5.41. The molecule has 3 rings (SSSR count). The lowest BCUT2D eigenvalue weighted by Gasteiger charge is -2.14. The molecule has 2 heterocycles. The molecule has 0 atom stereocenters. The number of rotatable bonds is 4. The molecule has 1 N–H and O–H groups in total. The van der Waals surface area contributed by atoms with E-state index in [0.29, 0.717) is 11.4 Å². The number of carbonyl (C=O) groups excluding carboxylic acids is 3. The summed E-state index contributed by atoms with van der Waals surface area (Å²) in [6.45, 7) is 5.38. The van der Waals surface area contributed by atoms with Gasteiger partial charge in [0.15, 0.2) is 0 Å². The van der Waals surface area contributed by atoms with Crippen molar-refractivity contribution >= 4 is 40.6 Å². The molecule has 0 unspecified atom stereocenters. The summed E-state index contributed by atoms with van der Waals surface area (Å²) in [5.74, 6) is -0.898. The maximum absolute atomic E-state index is 12.5. The monoisotopic (exact) mass is 381 g/mol. The summed E-state index contributed by atoms with van der Waals surface area (Å²) in [6, 6.07) is 11.0. The molecule has 2 aromatic rings. The van der Waals surface area contributed by atoms with Crippen molar-refractivity contribution < 1.29 is 14.4 Å². The molecule has 6 nitrogen and oxygen atoms in total. The summed E-state index contributed by atoms with van der Waals surface area (Å²) in [6.07, 6.45) is 1.57. The van der Waals surface area contributed by atoms with Crippen molar-refractivity contribution in [2.45, 2.75) is 20.8 Å². The van der Waals surface area contributed by atoms with Crippen molar-refractivity contribution in [2.75, 3.05) is 11.9 Å². The molecule has 0 saturated carbocycles. The fourth-order valence-corrected chi connectivity index (χ4v) is 3.46. The Bertz CT molecular complexity index is 969. The predicted octanol–water partition coefficient (Wildman–Crippen LogP) is 3.68. The molecule has 0 aliphatic carbocycles. The Morgan fingerprint density at radius 1 is 1.15 bits per heavy atom. The van der Waals surface area contributed by atoms with Gasteiger partial charge in [0.2, 0.25) is 5.91 Å². The predicted molar refractivity (Wildman–Crippen MR) is 106 cm³/mol. The second-order valence-corrected chi connectivity index (χ2v) is 7.26. The first-order valence-corrected chi connectivity index (χ1v) is 9.22. The van der Waals surface area contributed by atoms with Crippen LogP contribution < -0.4 is 5.32 Å². The number of aromatic nitrogens is 1. The third-order valence-corrected chi connectivity index (χ3v) is 5.15. The van der Waals surface area contributed by atoms with Crippen LogP contribution in [0.3, 0.4) is 0 Å². The maximum atomic E-state index is 12.5. The zero-order chi connectivity index (χ0) is 19.6. The number of nitrogens with one attached hydrogen (secondary N) is 1. The van der Waals surface area contributed by atoms with Crippen LogP contribution in [0.4, 0.5) is 10.5 Å². The van der Waals surface area contributed by atoms with Crippen molar-refractivity contribution in [3.8, 4) is 0 Å². The lowest BCUT2D eigenvalue weighted by atomic mass is 10.1. The minimum atomic E-state index is -0.482. The summed E-state index contributed by atoms with van der Waals surface area (Å²) in [4.78, 5) is 42.6. The zero-order valence-electron chi connectivity index (χ0n) is 15.3. The van der Waals surface area contributed by atoms with Gasteiger partial charge >= 0.3 is 0 Å². The lowest BCUT2D eigenvalue weighted by Crippen LogP contribution is -2.36. The largest absolute Gasteiger partial charge is 0.324 e. The van der Waals surface area contributed by atoms with E-state index in [4.69, 9.17) is 0 Å². The molecule has 1 fully saturated rings. The van der Waals surface area contributed by atoms with Crippen LogP contribution in [-0.4, -0.2) is 33.5 Å². The van der Waals surface area contributed by atoms with Crippen LogP contribution >= 0.6 is 11.8 Å².